The Hall–Kier alpha value is -0.450. The van der Waals surface area contributed by atoms with E-state index in [0.29, 0.717) is 5.92 Å². The molecular weight excluding hydrogens is 184 g/mol. The number of hydrogen-bond acceptors (Lipinski definition) is 4. The van der Waals surface area contributed by atoms with E-state index in [2.05, 4.69) is 4.37 Å². The molecule has 2 heterocycles. The van der Waals surface area contributed by atoms with Crippen LogP contribution in [0.4, 0.5) is 0 Å². The Balaban J connectivity index is 1.87. The lowest BCUT2D eigenvalue weighted by Gasteiger charge is -2.12. The Morgan fingerprint density at radius 3 is 3.31 bits per heavy atom. The number of hydrogen-bond donors (Lipinski definition) is 1. The van der Waals surface area contributed by atoms with Crippen molar-refractivity contribution in [3.05, 3.63) is 17.1 Å². The van der Waals surface area contributed by atoms with E-state index >= 15 is 0 Å². The normalized spacial score (nSPS) is 24.8. The zero-order valence-corrected chi connectivity index (χ0v) is 8.30. The maximum Gasteiger partial charge on any atom is 0.0495 e. The first-order valence-electron chi connectivity index (χ1n) is 4.60. The Morgan fingerprint density at radius 1 is 1.77 bits per heavy atom. The lowest BCUT2D eigenvalue weighted by atomic mass is 9.99. The third kappa shape index (κ3) is 2.27. The molecule has 1 aliphatic heterocycles. The minimum atomic E-state index is 0.152. The second kappa shape index (κ2) is 4.17. The van der Waals surface area contributed by atoms with E-state index in [4.69, 9.17) is 10.5 Å². The predicted octanol–water partition coefficient (Wildman–Crippen LogP) is 1.57. The molecule has 0 aliphatic carbocycles. The topological polar surface area (TPSA) is 48.1 Å². The highest BCUT2D eigenvalue weighted by Crippen LogP contribution is 2.26. The summed E-state index contributed by atoms with van der Waals surface area (Å²) in [5, 5.41) is 0. The molecule has 2 unspecified atom stereocenters. The first-order chi connectivity index (χ1) is 6.36. The van der Waals surface area contributed by atoms with Crippen LogP contribution >= 0.6 is 11.5 Å². The van der Waals surface area contributed by atoms with Crippen molar-refractivity contribution in [1.82, 2.24) is 4.37 Å². The van der Waals surface area contributed by atoms with Crippen molar-refractivity contribution in [1.29, 1.82) is 0 Å². The molecule has 2 atom stereocenters. The van der Waals surface area contributed by atoms with Gasteiger partial charge in [-0.1, -0.05) is 0 Å². The van der Waals surface area contributed by atoms with Crippen LogP contribution in [0.25, 0.3) is 0 Å². The molecule has 72 valence electrons. The van der Waals surface area contributed by atoms with Gasteiger partial charge in [-0.05, 0) is 36.4 Å². The van der Waals surface area contributed by atoms with Crippen LogP contribution in [0.5, 0.6) is 0 Å². The van der Waals surface area contributed by atoms with E-state index < -0.39 is 0 Å². The van der Waals surface area contributed by atoms with Gasteiger partial charge >= 0.3 is 0 Å². The second-order valence-corrected chi connectivity index (χ2v) is 4.35. The molecule has 4 heteroatoms. The van der Waals surface area contributed by atoms with E-state index in [1.807, 2.05) is 12.3 Å². The van der Waals surface area contributed by atoms with Gasteiger partial charge in [0.2, 0.25) is 0 Å². The van der Waals surface area contributed by atoms with E-state index in [1.54, 1.807) is 0 Å². The first kappa shape index (κ1) is 9.12. The fraction of sp³-hybridized carbons (Fsp3) is 0.667. The van der Waals surface area contributed by atoms with E-state index in [-0.39, 0.29) is 6.04 Å². The van der Waals surface area contributed by atoms with Crippen LogP contribution in [0.2, 0.25) is 0 Å². The van der Waals surface area contributed by atoms with Gasteiger partial charge in [0.25, 0.3) is 0 Å². The Bertz CT molecular complexity index is 244. The van der Waals surface area contributed by atoms with E-state index in [0.717, 1.165) is 26.1 Å². The SMILES string of the molecule is NC(CC1CCOC1)c1ccns1. The molecule has 0 amide bonds. The van der Waals surface area contributed by atoms with Gasteiger partial charge in [-0.2, -0.15) is 0 Å². The van der Waals surface area contributed by atoms with Gasteiger partial charge < -0.3 is 10.5 Å². The van der Waals surface area contributed by atoms with Gasteiger partial charge in [0.05, 0.1) is 0 Å². The van der Waals surface area contributed by atoms with Gasteiger partial charge in [-0.25, -0.2) is 4.37 Å². The van der Waals surface area contributed by atoms with Crippen LogP contribution in [-0.2, 0) is 4.74 Å². The molecule has 0 bridgehead atoms. The third-order valence-electron chi connectivity index (χ3n) is 2.43. The summed E-state index contributed by atoms with van der Waals surface area (Å²) in [5.41, 5.74) is 6.03. The fourth-order valence-electron chi connectivity index (χ4n) is 1.66. The minimum absolute atomic E-state index is 0.152. The Kier molecular flexibility index (Phi) is 2.93. The van der Waals surface area contributed by atoms with Crippen molar-refractivity contribution in [2.24, 2.45) is 11.7 Å². The number of ether oxygens (including phenoxy) is 1. The number of rotatable bonds is 3. The van der Waals surface area contributed by atoms with Crippen molar-refractivity contribution in [2.75, 3.05) is 13.2 Å². The lowest BCUT2D eigenvalue weighted by molar-refractivity contribution is 0.183. The highest BCUT2D eigenvalue weighted by molar-refractivity contribution is 7.05. The summed E-state index contributed by atoms with van der Waals surface area (Å²) < 4.78 is 9.36. The van der Waals surface area contributed by atoms with E-state index in [9.17, 15) is 0 Å². The van der Waals surface area contributed by atoms with Crippen molar-refractivity contribution >= 4 is 11.5 Å². The standard InChI is InChI=1S/C9H14N2OS/c10-8(9-1-3-11-13-9)5-7-2-4-12-6-7/h1,3,7-8H,2,4-6,10H2. The largest absolute Gasteiger partial charge is 0.381 e. The predicted molar refractivity (Wildman–Crippen MR) is 52.6 cm³/mol. The van der Waals surface area contributed by atoms with Crippen LogP contribution in [0.15, 0.2) is 12.3 Å². The van der Waals surface area contributed by atoms with Crippen LogP contribution in [-0.4, -0.2) is 17.6 Å². The average molecular weight is 198 g/mol. The summed E-state index contributed by atoms with van der Waals surface area (Å²) in [6.45, 7) is 1.78. The molecule has 1 aromatic rings. The average Bonchev–Trinajstić information content (AvgIpc) is 2.74. The van der Waals surface area contributed by atoms with Gasteiger partial charge in [0.1, 0.15) is 0 Å². The van der Waals surface area contributed by atoms with Crippen molar-refractivity contribution < 1.29 is 4.74 Å². The fourth-order valence-corrected chi connectivity index (χ4v) is 2.26. The molecule has 13 heavy (non-hydrogen) atoms. The van der Waals surface area contributed by atoms with Crippen molar-refractivity contribution in [3.63, 3.8) is 0 Å². The summed E-state index contributed by atoms with van der Waals surface area (Å²) in [4.78, 5) is 1.19. The van der Waals surface area contributed by atoms with Crippen molar-refractivity contribution in [3.8, 4) is 0 Å². The van der Waals surface area contributed by atoms with Crippen molar-refractivity contribution in [2.45, 2.75) is 18.9 Å². The molecule has 3 nitrogen and oxygen atoms in total. The summed E-state index contributed by atoms with van der Waals surface area (Å²) in [7, 11) is 0. The number of nitrogens with two attached hydrogens (primary N) is 1. The minimum Gasteiger partial charge on any atom is -0.381 e. The Labute approximate surface area is 82.1 Å². The zero-order valence-electron chi connectivity index (χ0n) is 7.48. The molecule has 0 radical (unpaired) electrons. The Morgan fingerprint density at radius 2 is 2.69 bits per heavy atom. The molecule has 1 fully saturated rings. The molecule has 1 saturated heterocycles. The monoisotopic (exact) mass is 198 g/mol. The molecule has 1 aromatic heterocycles. The van der Waals surface area contributed by atoms with E-state index in [1.165, 1.54) is 16.4 Å². The molecule has 0 aromatic carbocycles. The van der Waals surface area contributed by atoms with Gasteiger partial charge in [-0.3, -0.25) is 0 Å². The summed E-state index contributed by atoms with van der Waals surface area (Å²) in [6, 6.07) is 2.16. The number of nitrogens with zero attached hydrogens (tertiary/aromatic N) is 1. The smallest absolute Gasteiger partial charge is 0.0495 e. The maximum atomic E-state index is 6.03. The molecule has 0 saturated carbocycles. The van der Waals surface area contributed by atoms with Gasteiger partial charge in [0.15, 0.2) is 0 Å². The maximum absolute atomic E-state index is 6.03. The molecule has 2 N–H and O–H groups in total. The van der Waals surface area contributed by atoms with Crippen LogP contribution in [0.3, 0.4) is 0 Å². The molecule has 2 rings (SSSR count). The van der Waals surface area contributed by atoms with Crippen LogP contribution in [0, 0.1) is 5.92 Å². The quantitative estimate of drug-likeness (QED) is 0.802. The zero-order chi connectivity index (χ0) is 9.10. The molecule has 1 aliphatic rings. The van der Waals surface area contributed by atoms with Crippen LogP contribution in [0.1, 0.15) is 23.8 Å². The molecular formula is C9H14N2OS. The second-order valence-electron chi connectivity index (χ2n) is 3.49. The third-order valence-corrected chi connectivity index (χ3v) is 3.31. The van der Waals surface area contributed by atoms with Crippen LogP contribution < -0.4 is 5.73 Å². The number of aromatic nitrogens is 1. The summed E-state index contributed by atoms with van der Waals surface area (Å²) in [6.07, 6.45) is 4.00. The van der Waals surface area contributed by atoms with Gasteiger partial charge in [-0.15, -0.1) is 0 Å². The first-order valence-corrected chi connectivity index (χ1v) is 5.37. The summed E-state index contributed by atoms with van der Waals surface area (Å²) in [5.74, 6) is 0.650. The summed E-state index contributed by atoms with van der Waals surface area (Å²) >= 11 is 1.50. The van der Waals surface area contributed by atoms with Gasteiger partial charge in [0, 0.05) is 30.3 Å². The highest BCUT2D eigenvalue weighted by atomic mass is 32.1. The lowest BCUT2D eigenvalue weighted by Crippen LogP contribution is -2.14. The molecule has 0 spiro atoms. The highest BCUT2D eigenvalue weighted by Gasteiger charge is 2.20.